The number of para-hydroxylation sites is 1. The van der Waals surface area contributed by atoms with Gasteiger partial charge in [0.05, 0.1) is 38.4 Å². The molecule has 4 rings (SSSR count). The van der Waals surface area contributed by atoms with Gasteiger partial charge in [-0.2, -0.15) is 10.5 Å². The van der Waals surface area contributed by atoms with E-state index in [2.05, 4.69) is 12.1 Å². The Morgan fingerprint density at radius 1 is 1.07 bits per heavy atom. The summed E-state index contributed by atoms with van der Waals surface area (Å²) in [6, 6.07) is 16.3. The molecule has 0 N–H and O–H groups in total. The molecule has 0 aromatic heterocycles. The molecule has 0 spiro atoms. The quantitative estimate of drug-likeness (QED) is 0.779. The molecule has 0 radical (unpaired) electrons. The van der Waals surface area contributed by atoms with E-state index in [1.807, 2.05) is 41.3 Å². The van der Waals surface area contributed by atoms with Gasteiger partial charge in [0.25, 0.3) is 0 Å². The Bertz CT molecular complexity index is 1090. The molecule has 0 aliphatic carbocycles. The molecule has 0 amide bonds. The van der Waals surface area contributed by atoms with Gasteiger partial charge in [-0.15, -0.1) is 0 Å². The molecule has 0 bridgehead atoms. The summed E-state index contributed by atoms with van der Waals surface area (Å²) in [4.78, 5) is 14.9. The number of nitrogens with zero attached hydrogens (tertiary/aromatic N) is 3. The van der Waals surface area contributed by atoms with E-state index in [1.165, 1.54) is 6.92 Å². The van der Waals surface area contributed by atoms with Gasteiger partial charge in [-0.05, 0) is 36.2 Å². The van der Waals surface area contributed by atoms with Crippen molar-refractivity contribution in [1.82, 2.24) is 0 Å². The summed E-state index contributed by atoms with van der Waals surface area (Å²) in [6.45, 7) is 1.51. The smallest absolute Gasteiger partial charge is 0.176 e. The lowest BCUT2D eigenvalue weighted by Crippen LogP contribution is -2.43. The highest BCUT2D eigenvalue weighted by atomic mass is 16.5. The second kappa shape index (κ2) is 7.24. The second-order valence-electron chi connectivity index (χ2n) is 7.54. The average molecular weight is 399 g/mol. The fourth-order valence-electron chi connectivity index (χ4n) is 4.77. The monoisotopic (exact) mass is 399 g/mol. The summed E-state index contributed by atoms with van der Waals surface area (Å²) in [5.74, 6) is 0.286. The molecule has 2 aliphatic heterocycles. The normalized spacial score (nSPS) is 23.0. The maximum absolute atomic E-state index is 13.0. The number of rotatable bonds is 4. The highest BCUT2D eigenvalue weighted by Gasteiger charge is 2.62. The molecule has 2 aromatic carbocycles. The first-order chi connectivity index (χ1) is 14.5. The third-order valence-corrected chi connectivity index (χ3v) is 6.06. The highest BCUT2D eigenvalue weighted by Crippen LogP contribution is 2.55. The van der Waals surface area contributed by atoms with Crippen molar-refractivity contribution in [2.75, 3.05) is 19.1 Å². The van der Waals surface area contributed by atoms with Gasteiger partial charge in [-0.3, -0.25) is 4.79 Å². The number of anilines is 1. The average Bonchev–Trinajstić information content (AvgIpc) is 3.10. The van der Waals surface area contributed by atoms with Crippen molar-refractivity contribution in [3.05, 3.63) is 59.7 Å². The third kappa shape index (κ3) is 2.65. The maximum Gasteiger partial charge on any atom is 0.176 e. The Morgan fingerprint density at radius 3 is 2.27 bits per heavy atom. The van der Waals surface area contributed by atoms with E-state index in [-0.39, 0.29) is 5.78 Å². The molecule has 6 heteroatoms. The van der Waals surface area contributed by atoms with Crippen LogP contribution in [0, 0.1) is 28.1 Å². The Hall–Kier alpha value is -3.77. The minimum atomic E-state index is -1.46. The number of hydrogen-bond donors (Lipinski definition) is 0. The fourth-order valence-corrected chi connectivity index (χ4v) is 4.77. The van der Waals surface area contributed by atoms with Crippen LogP contribution < -0.4 is 14.4 Å². The summed E-state index contributed by atoms with van der Waals surface area (Å²) < 4.78 is 10.8. The third-order valence-electron chi connectivity index (χ3n) is 6.06. The van der Waals surface area contributed by atoms with Crippen LogP contribution in [0.25, 0.3) is 6.08 Å². The standard InChI is InChI=1S/C24H21N3O3/c1-15(28)23-22(17-10-18(29-2)12-19(11-17)30-3)24(13-25,14-26)21-9-8-16-6-4-5-7-20(16)27(21)23/h4-12,21-23H,1-3H3/t21-,22+,23-/m1/s1. The highest BCUT2D eigenvalue weighted by molar-refractivity contribution is 5.91. The van der Waals surface area contributed by atoms with Crippen LogP contribution in [0.1, 0.15) is 24.0 Å². The number of Topliss-reactive ketones (excluding diaryl/α,β-unsaturated/α-hetero) is 1. The van der Waals surface area contributed by atoms with Crippen molar-refractivity contribution in [2.45, 2.75) is 24.9 Å². The minimum absolute atomic E-state index is 0.107. The molecule has 3 atom stereocenters. The van der Waals surface area contributed by atoms with Crippen molar-refractivity contribution in [2.24, 2.45) is 5.41 Å². The van der Waals surface area contributed by atoms with Crippen molar-refractivity contribution >= 4 is 17.5 Å². The lowest BCUT2D eigenvalue weighted by atomic mass is 9.69. The van der Waals surface area contributed by atoms with Crippen LogP contribution in [-0.2, 0) is 4.79 Å². The van der Waals surface area contributed by atoms with Crippen LogP contribution in [0.4, 0.5) is 5.69 Å². The summed E-state index contributed by atoms with van der Waals surface area (Å²) in [6.07, 6.45) is 3.79. The number of carbonyl (C=O) groups is 1. The summed E-state index contributed by atoms with van der Waals surface area (Å²) in [5, 5.41) is 20.6. The molecule has 0 unspecified atom stereocenters. The van der Waals surface area contributed by atoms with E-state index in [1.54, 1.807) is 32.4 Å². The zero-order chi connectivity index (χ0) is 21.5. The van der Waals surface area contributed by atoms with Gasteiger partial charge in [0.2, 0.25) is 0 Å². The van der Waals surface area contributed by atoms with E-state index in [0.717, 1.165) is 11.3 Å². The SMILES string of the molecule is COc1cc(OC)cc([C@H]2[C@@H](C(C)=O)N3c4ccccc4C=C[C@@H]3C2(C#N)C#N)c1. The summed E-state index contributed by atoms with van der Waals surface area (Å²) >= 11 is 0. The molecular weight excluding hydrogens is 378 g/mol. The fraction of sp³-hybridized carbons (Fsp3) is 0.292. The lowest BCUT2D eigenvalue weighted by molar-refractivity contribution is -0.118. The first kappa shape index (κ1) is 19.5. The maximum atomic E-state index is 13.0. The number of carbonyl (C=O) groups excluding carboxylic acids is 1. The van der Waals surface area contributed by atoms with Gasteiger partial charge in [0.15, 0.2) is 11.2 Å². The molecule has 1 fully saturated rings. The van der Waals surface area contributed by atoms with E-state index < -0.39 is 23.4 Å². The number of nitriles is 2. The molecule has 150 valence electrons. The number of methoxy groups -OCH3 is 2. The summed E-state index contributed by atoms with van der Waals surface area (Å²) in [7, 11) is 3.08. The second-order valence-corrected chi connectivity index (χ2v) is 7.54. The number of fused-ring (bicyclic) bond motifs is 3. The topological polar surface area (TPSA) is 86.3 Å². The zero-order valence-corrected chi connectivity index (χ0v) is 17.0. The van der Waals surface area contributed by atoms with Crippen LogP contribution in [0.2, 0.25) is 0 Å². The Balaban J connectivity index is 2.00. The lowest BCUT2D eigenvalue weighted by Gasteiger charge is -2.35. The number of hydrogen-bond acceptors (Lipinski definition) is 6. The Kier molecular flexibility index (Phi) is 4.72. The van der Waals surface area contributed by atoms with E-state index >= 15 is 0 Å². The molecule has 30 heavy (non-hydrogen) atoms. The predicted octanol–water partition coefficient (Wildman–Crippen LogP) is 3.69. The Labute approximate surface area is 175 Å². The molecule has 0 saturated carbocycles. The van der Waals surface area contributed by atoms with Crippen LogP contribution >= 0.6 is 0 Å². The van der Waals surface area contributed by atoms with Gasteiger partial charge < -0.3 is 14.4 Å². The first-order valence-electron chi connectivity index (χ1n) is 9.62. The Morgan fingerprint density at radius 2 is 1.70 bits per heavy atom. The van der Waals surface area contributed by atoms with E-state index in [0.29, 0.717) is 17.1 Å². The molecule has 6 nitrogen and oxygen atoms in total. The first-order valence-corrected chi connectivity index (χ1v) is 9.62. The predicted molar refractivity (Wildman–Crippen MR) is 112 cm³/mol. The van der Waals surface area contributed by atoms with Crippen molar-refractivity contribution < 1.29 is 14.3 Å². The molecule has 2 aromatic rings. The van der Waals surface area contributed by atoms with Crippen molar-refractivity contribution in [3.8, 4) is 23.6 Å². The minimum Gasteiger partial charge on any atom is -0.497 e. The van der Waals surface area contributed by atoms with Crippen LogP contribution in [0.3, 0.4) is 0 Å². The van der Waals surface area contributed by atoms with Crippen LogP contribution in [-0.4, -0.2) is 32.1 Å². The number of benzene rings is 2. The number of ketones is 1. The van der Waals surface area contributed by atoms with Crippen molar-refractivity contribution in [3.63, 3.8) is 0 Å². The molecule has 2 heterocycles. The van der Waals surface area contributed by atoms with Crippen LogP contribution in [0.15, 0.2) is 48.5 Å². The zero-order valence-electron chi connectivity index (χ0n) is 17.0. The van der Waals surface area contributed by atoms with Gasteiger partial charge in [0.1, 0.15) is 11.5 Å². The largest absolute Gasteiger partial charge is 0.497 e. The van der Waals surface area contributed by atoms with Gasteiger partial charge >= 0.3 is 0 Å². The van der Waals surface area contributed by atoms with Crippen molar-refractivity contribution in [1.29, 1.82) is 10.5 Å². The van der Waals surface area contributed by atoms with E-state index in [4.69, 9.17) is 9.47 Å². The van der Waals surface area contributed by atoms with Crippen LogP contribution in [0.5, 0.6) is 11.5 Å². The number of ether oxygens (including phenoxy) is 2. The summed E-state index contributed by atoms with van der Waals surface area (Å²) in [5.41, 5.74) is 0.999. The van der Waals surface area contributed by atoms with Gasteiger partial charge in [0, 0.05) is 17.7 Å². The van der Waals surface area contributed by atoms with Gasteiger partial charge in [-0.25, -0.2) is 0 Å². The van der Waals surface area contributed by atoms with Gasteiger partial charge in [-0.1, -0.05) is 30.4 Å². The molecular formula is C24H21N3O3. The molecule has 1 saturated heterocycles. The van der Waals surface area contributed by atoms with E-state index in [9.17, 15) is 15.3 Å². The molecule has 2 aliphatic rings.